The minimum atomic E-state index is -2.90. The van der Waals surface area contributed by atoms with Gasteiger partial charge >= 0.3 is 12.6 Å². The molecule has 0 aliphatic carbocycles. The molecule has 2 aromatic carbocycles. The molecule has 5 nitrogen and oxygen atoms in total. The molecule has 0 aromatic heterocycles. The lowest BCUT2D eigenvalue weighted by Crippen LogP contribution is -2.06. The molecule has 0 heterocycles. The summed E-state index contributed by atoms with van der Waals surface area (Å²) >= 11 is 0. The minimum absolute atomic E-state index is 0.0259. The number of rotatable bonds is 6. The van der Waals surface area contributed by atoms with Gasteiger partial charge in [-0.1, -0.05) is 24.3 Å². The van der Waals surface area contributed by atoms with Gasteiger partial charge in [0.25, 0.3) is 0 Å². The van der Waals surface area contributed by atoms with Gasteiger partial charge in [0.2, 0.25) is 0 Å². The number of carboxylic acids is 1. The maximum atomic E-state index is 12.2. The summed E-state index contributed by atoms with van der Waals surface area (Å²) in [7, 11) is 0. The molecule has 2 aromatic rings. The summed E-state index contributed by atoms with van der Waals surface area (Å²) < 4.78 is 28.8. The number of para-hydroxylation sites is 1. The number of hydrogen-bond acceptors (Lipinski definition) is 4. The molecular weight excluding hydrogens is 306 g/mol. The van der Waals surface area contributed by atoms with Gasteiger partial charge in [-0.05, 0) is 31.2 Å². The summed E-state index contributed by atoms with van der Waals surface area (Å²) in [5.41, 5.74) is 4.15. The van der Waals surface area contributed by atoms with Crippen molar-refractivity contribution in [2.45, 2.75) is 13.5 Å². The van der Waals surface area contributed by atoms with Crippen molar-refractivity contribution >= 4 is 17.4 Å². The van der Waals surface area contributed by atoms with Crippen LogP contribution < -0.4 is 10.2 Å². The van der Waals surface area contributed by atoms with Gasteiger partial charge < -0.3 is 9.84 Å². The summed E-state index contributed by atoms with van der Waals surface area (Å²) in [4.78, 5) is 11.1. The van der Waals surface area contributed by atoms with Crippen molar-refractivity contribution in [3.63, 3.8) is 0 Å². The maximum absolute atomic E-state index is 12.2. The van der Waals surface area contributed by atoms with Gasteiger partial charge in [0, 0.05) is 5.56 Å². The van der Waals surface area contributed by atoms with Crippen LogP contribution in [0.15, 0.2) is 53.6 Å². The van der Waals surface area contributed by atoms with Crippen molar-refractivity contribution in [2.24, 2.45) is 5.10 Å². The number of ether oxygens (including phenoxy) is 1. The van der Waals surface area contributed by atoms with Crippen LogP contribution in [-0.4, -0.2) is 23.4 Å². The Bertz CT molecular complexity index is 733. The SMILES string of the molecule is C/C(=N\Nc1ccccc1C(=O)O)c1cccc(OC(F)F)c1. The van der Waals surface area contributed by atoms with E-state index < -0.39 is 12.6 Å². The van der Waals surface area contributed by atoms with Crippen LogP contribution in [0.1, 0.15) is 22.8 Å². The Morgan fingerprint density at radius 3 is 2.65 bits per heavy atom. The zero-order valence-corrected chi connectivity index (χ0v) is 12.2. The normalized spacial score (nSPS) is 11.4. The van der Waals surface area contributed by atoms with Crippen molar-refractivity contribution in [3.8, 4) is 5.75 Å². The van der Waals surface area contributed by atoms with Gasteiger partial charge in [0.1, 0.15) is 5.75 Å². The number of carboxylic acid groups (broad SMARTS) is 1. The fraction of sp³-hybridized carbons (Fsp3) is 0.125. The van der Waals surface area contributed by atoms with Crippen molar-refractivity contribution in [1.82, 2.24) is 0 Å². The Labute approximate surface area is 131 Å². The van der Waals surface area contributed by atoms with Gasteiger partial charge in [-0.15, -0.1) is 0 Å². The summed E-state index contributed by atoms with van der Waals surface area (Å²) in [6, 6.07) is 12.4. The number of carbonyl (C=O) groups is 1. The maximum Gasteiger partial charge on any atom is 0.387 e. The fourth-order valence-corrected chi connectivity index (χ4v) is 1.87. The molecule has 0 unspecified atom stereocenters. The van der Waals surface area contributed by atoms with Gasteiger partial charge in [0.15, 0.2) is 0 Å². The Balaban J connectivity index is 2.19. The molecule has 0 saturated carbocycles. The highest BCUT2D eigenvalue weighted by atomic mass is 19.3. The summed E-state index contributed by atoms with van der Waals surface area (Å²) in [5.74, 6) is -1.05. The number of halogens is 2. The van der Waals surface area contributed by atoms with Gasteiger partial charge in [-0.2, -0.15) is 13.9 Å². The van der Waals surface area contributed by atoms with Crippen molar-refractivity contribution < 1.29 is 23.4 Å². The van der Waals surface area contributed by atoms with Crippen LogP contribution in [0.3, 0.4) is 0 Å². The van der Waals surface area contributed by atoms with E-state index in [4.69, 9.17) is 5.11 Å². The smallest absolute Gasteiger partial charge is 0.387 e. The molecule has 23 heavy (non-hydrogen) atoms. The third-order valence-electron chi connectivity index (χ3n) is 2.98. The number of alkyl halides is 2. The first-order chi connectivity index (χ1) is 11.0. The Hall–Kier alpha value is -2.96. The molecular formula is C16H14F2N2O3. The highest BCUT2D eigenvalue weighted by Crippen LogP contribution is 2.18. The average molecular weight is 320 g/mol. The number of anilines is 1. The zero-order chi connectivity index (χ0) is 16.8. The predicted octanol–water partition coefficient (Wildman–Crippen LogP) is 3.82. The van der Waals surface area contributed by atoms with Gasteiger partial charge in [-0.25, -0.2) is 4.79 Å². The lowest BCUT2D eigenvalue weighted by Gasteiger charge is -2.08. The zero-order valence-electron chi connectivity index (χ0n) is 12.2. The largest absolute Gasteiger partial charge is 0.478 e. The minimum Gasteiger partial charge on any atom is -0.478 e. The molecule has 0 aliphatic heterocycles. The van der Waals surface area contributed by atoms with Crippen molar-refractivity contribution in [1.29, 1.82) is 0 Å². The van der Waals surface area contributed by atoms with E-state index in [2.05, 4.69) is 15.3 Å². The first-order valence-electron chi connectivity index (χ1n) is 6.65. The number of hydrazone groups is 1. The highest BCUT2D eigenvalue weighted by Gasteiger charge is 2.09. The number of nitrogens with zero attached hydrogens (tertiary/aromatic N) is 1. The van der Waals surface area contributed by atoms with E-state index in [1.807, 2.05) is 0 Å². The third kappa shape index (κ3) is 4.50. The molecule has 0 fully saturated rings. The highest BCUT2D eigenvalue weighted by molar-refractivity contribution is 6.00. The second-order valence-corrected chi connectivity index (χ2v) is 4.57. The molecule has 2 N–H and O–H groups in total. The Morgan fingerprint density at radius 1 is 1.22 bits per heavy atom. The van der Waals surface area contributed by atoms with Crippen LogP contribution in [0.2, 0.25) is 0 Å². The average Bonchev–Trinajstić information content (AvgIpc) is 2.52. The summed E-state index contributed by atoms with van der Waals surface area (Å²) in [6.07, 6.45) is 0. The summed E-state index contributed by atoms with van der Waals surface area (Å²) in [6.45, 7) is -1.24. The molecule has 0 spiro atoms. The molecule has 0 atom stereocenters. The molecule has 0 radical (unpaired) electrons. The number of benzene rings is 2. The molecule has 0 bridgehead atoms. The van der Waals surface area contributed by atoms with E-state index in [9.17, 15) is 13.6 Å². The van der Waals surface area contributed by atoms with Gasteiger partial charge in [0.05, 0.1) is 17.0 Å². The first-order valence-corrected chi connectivity index (χ1v) is 6.65. The standard InChI is InChI=1S/C16H14F2N2O3/c1-10(11-5-4-6-12(9-11)23-16(17)18)19-20-14-8-3-2-7-13(14)15(21)22/h2-9,16,20H,1H3,(H,21,22)/b19-10+. The predicted molar refractivity (Wildman–Crippen MR) is 82.3 cm³/mol. The van der Waals surface area contributed by atoms with Crippen molar-refractivity contribution in [3.05, 3.63) is 59.7 Å². The van der Waals surface area contributed by atoms with E-state index in [-0.39, 0.29) is 11.3 Å². The molecule has 120 valence electrons. The van der Waals surface area contributed by atoms with Crippen LogP contribution >= 0.6 is 0 Å². The van der Waals surface area contributed by atoms with Crippen LogP contribution in [0, 0.1) is 0 Å². The van der Waals surface area contributed by atoms with Crippen LogP contribution in [0.5, 0.6) is 5.75 Å². The second-order valence-electron chi connectivity index (χ2n) is 4.57. The summed E-state index contributed by atoms with van der Waals surface area (Å²) in [5, 5.41) is 13.2. The molecule has 0 amide bonds. The van der Waals surface area contributed by atoms with E-state index >= 15 is 0 Å². The molecule has 0 aliphatic rings. The van der Waals surface area contributed by atoms with E-state index in [1.165, 1.54) is 18.2 Å². The van der Waals surface area contributed by atoms with Crippen LogP contribution in [0.4, 0.5) is 14.5 Å². The lowest BCUT2D eigenvalue weighted by molar-refractivity contribution is -0.0498. The van der Waals surface area contributed by atoms with Gasteiger partial charge in [-0.3, -0.25) is 5.43 Å². The number of hydrogen-bond donors (Lipinski definition) is 2. The fourth-order valence-electron chi connectivity index (χ4n) is 1.87. The quantitative estimate of drug-likeness (QED) is 0.627. The number of aromatic carboxylic acids is 1. The Kier molecular flexibility index (Phi) is 5.24. The third-order valence-corrected chi connectivity index (χ3v) is 2.98. The topological polar surface area (TPSA) is 70.9 Å². The lowest BCUT2D eigenvalue weighted by atomic mass is 10.1. The van der Waals surface area contributed by atoms with E-state index in [1.54, 1.807) is 37.3 Å². The van der Waals surface area contributed by atoms with Crippen LogP contribution in [0.25, 0.3) is 0 Å². The number of nitrogens with one attached hydrogen (secondary N) is 1. The van der Waals surface area contributed by atoms with Crippen LogP contribution in [-0.2, 0) is 0 Å². The van der Waals surface area contributed by atoms with Crippen molar-refractivity contribution in [2.75, 3.05) is 5.43 Å². The molecule has 2 rings (SSSR count). The van der Waals surface area contributed by atoms with E-state index in [0.29, 0.717) is 17.0 Å². The Morgan fingerprint density at radius 2 is 1.96 bits per heavy atom. The molecule has 7 heteroatoms. The second kappa shape index (κ2) is 7.35. The first kappa shape index (κ1) is 16.4. The molecule has 0 saturated heterocycles. The van der Waals surface area contributed by atoms with E-state index in [0.717, 1.165) is 0 Å². The monoisotopic (exact) mass is 320 g/mol.